The van der Waals surface area contributed by atoms with E-state index in [1.807, 2.05) is 6.07 Å². The van der Waals surface area contributed by atoms with Crippen molar-refractivity contribution in [2.24, 2.45) is 5.73 Å². The first-order valence-corrected chi connectivity index (χ1v) is 10.9. The number of anilines is 1. The van der Waals surface area contributed by atoms with Gasteiger partial charge in [0.2, 0.25) is 5.95 Å². The first-order valence-electron chi connectivity index (χ1n) is 10.9. The Morgan fingerprint density at radius 2 is 1.56 bits per heavy atom. The van der Waals surface area contributed by atoms with E-state index in [9.17, 15) is 0 Å². The number of rotatable bonds is 13. The molecule has 0 aliphatic carbocycles. The van der Waals surface area contributed by atoms with Gasteiger partial charge in [-0.05, 0) is 70.8 Å². The average Bonchev–Trinajstić information content (AvgIpc) is 2.73. The molecule has 1 saturated heterocycles. The number of piperidine rings is 1. The van der Waals surface area contributed by atoms with Crippen LogP contribution in [0.2, 0.25) is 0 Å². The molecule has 2 heterocycles. The van der Waals surface area contributed by atoms with Crippen molar-refractivity contribution in [3.05, 3.63) is 18.5 Å². The van der Waals surface area contributed by atoms with E-state index in [1.165, 1.54) is 64.6 Å². The molecule has 0 aromatic carbocycles. The van der Waals surface area contributed by atoms with Crippen molar-refractivity contribution < 1.29 is 5.11 Å². The highest BCUT2D eigenvalue weighted by atomic mass is 16.2. The molecule has 1 aliphatic rings. The zero-order chi connectivity index (χ0) is 19.4. The maximum Gasteiger partial charge on any atom is 0.222 e. The molecule has 0 radical (unpaired) electrons. The maximum absolute atomic E-state index is 8.33. The SMILES string of the molecule is NCCCCCCO.c1cnc(NCCCCCCN2CCCCC2)nc1. The van der Waals surface area contributed by atoms with Crippen LogP contribution < -0.4 is 11.1 Å². The second kappa shape index (κ2) is 18.1. The van der Waals surface area contributed by atoms with Gasteiger partial charge >= 0.3 is 0 Å². The fourth-order valence-corrected chi connectivity index (χ4v) is 3.20. The van der Waals surface area contributed by atoms with Gasteiger partial charge in [0, 0.05) is 25.5 Å². The zero-order valence-electron chi connectivity index (χ0n) is 17.1. The van der Waals surface area contributed by atoms with Gasteiger partial charge in [0.15, 0.2) is 0 Å². The van der Waals surface area contributed by atoms with Crippen molar-refractivity contribution in [1.29, 1.82) is 0 Å². The van der Waals surface area contributed by atoms with E-state index in [2.05, 4.69) is 20.2 Å². The number of nitrogens with two attached hydrogens (primary N) is 1. The van der Waals surface area contributed by atoms with Gasteiger partial charge in [-0.25, -0.2) is 9.97 Å². The molecule has 6 nitrogen and oxygen atoms in total. The van der Waals surface area contributed by atoms with Crippen LogP contribution >= 0.6 is 0 Å². The van der Waals surface area contributed by atoms with Crippen LogP contribution in [0.15, 0.2) is 18.5 Å². The molecule has 4 N–H and O–H groups in total. The van der Waals surface area contributed by atoms with Gasteiger partial charge in [-0.15, -0.1) is 0 Å². The van der Waals surface area contributed by atoms with Crippen LogP contribution in [0.4, 0.5) is 5.95 Å². The van der Waals surface area contributed by atoms with E-state index >= 15 is 0 Å². The highest BCUT2D eigenvalue weighted by Crippen LogP contribution is 2.10. The van der Waals surface area contributed by atoms with Gasteiger partial charge in [-0.3, -0.25) is 0 Å². The topological polar surface area (TPSA) is 87.3 Å². The largest absolute Gasteiger partial charge is 0.396 e. The maximum atomic E-state index is 8.33. The molecule has 27 heavy (non-hydrogen) atoms. The molecule has 1 aromatic rings. The molecule has 1 aromatic heterocycles. The number of hydrogen-bond acceptors (Lipinski definition) is 6. The number of aromatic nitrogens is 2. The third kappa shape index (κ3) is 14.5. The Hall–Kier alpha value is -1.24. The summed E-state index contributed by atoms with van der Waals surface area (Å²) < 4.78 is 0. The highest BCUT2D eigenvalue weighted by molar-refractivity contribution is 5.21. The number of nitrogens with one attached hydrogen (secondary N) is 1. The predicted octanol–water partition coefficient (Wildman–Crippen LogP) is 3.43. The van der Waals surface area contributed by atoms with Gasteiger partial charge in [0.1, 0.15) is 0 Å². The summed E-state index contributed by atoms with van der Waals surface area (Å²) in [5.41, 5.74) is 5.25. The third-order valence-corrected chi connectivity index (χ3v) is 4.81. The Morgan fingerprint density at radius 1 is 0.889 bits per heavy atom. The number of unbranched alkanes of at least 4 members (excludes halogenated alkanes) is 6. The lowest BCUT2D eigenvalue weighted by Crippen LogP contribution is -2.30. The van der Waals surface area contributed by atoms with Crippen LogP contribution in [0.25, 0.3) is 0 Å². The number of likely N-dealkylation sites (tertiary alicyclic amines) is 1. The summed E-state index contributed by atoms with van der Waals surface area (Å²) in [5, 5.41) is 11.6. The molecule has 0 atom stereocenters. The number of aliphatic hydroxyl groups excluding tert-OH is 1. The summed E-state index contributed by atoms with van der Waals surface area (Å²) in [6.45, 7) is 6.04. The van der Waals surface area contributed by atoms with Gasteiger partial charge in [0.25, 0.3) is 0 Å². The Labute approximate surface area is 166 Å². The number of aliphatic hydroxyl groups is 1. The van der Waals surface area contributed by atoms with Crippen LogP contribution in [-0.4, -0.2) is 59.3 Å². The molecule has 0 bridgehead atoms. The minimum atomic E-state index is 0.324. The van der Waals surface area contributed by atoms with Crippen molar-refractivity contribution >= 4 is 5.95 Å². The first-order chi connectivity index (χ1) is 13.4. The normalized spacial score (nSPS) is 14.4. The molecule has 2 rings (SSSR count). The first kappa shape index (κ1) is 23.8. The van der Waals surface area contributed by atoms with Crippen LogP contribution in [0.3, 0.4) is 0 Å². The summed E-state index contributed by atoms with van der Waals surface area (Å²) in [5.74, 6) is 0.746. The molecule has 0 unspecified atom stereocenters. The fraction of sp³-hybridized carbons (Fsp3) is 0.810. The summed E-state index contributed by atoms with van der Waals surface area (Å²) >= 11 is 0. The van der Waals surface area contributed by atoms with Gasteiger partial charge in [-0.1, -0.05) is 32.1 Å². The summed E-state index contributed by atoms with van der Waals surface area (Å²) in [6, 6.07) is 1.84. The summed E-state index contributed by atoms with van der Waals surface area (Å²) in [7, 11) is 0. The van der Waals surface area contributed by atoms with Crippen LogP contribution in [-0.2, 0) is 0 Å². The lowest BCUT2D eigenvalue weighted by atomic mass is 10.1. The Kier molecular flexibility index (Phi) is 16.0. The van der Waals surface area contributed by atoms with E-state index in [1.54, 1.807) is 12.4 Å². The predicted molar refractivity (Wildman–Crippen MR) is 114 cm³/mol. The van der Waals surface area contributed by atoms with E-state index in [0.29, 0.717) is 6.61 Å². The lowest BCUT2D eigenvalue weighted by molar-refractivity contribution is 0.224. The van der Waals surface area contributed by atoms with Crippen molar-refractivity contribution in [3.63, 3.8) is 0 Å². The second-order valence-corrected chi connectivity index (χ2v) is 7.24. The smallest absolute Gasteiger partial charge is 0.222 e. The van der Waals surface area contributed by atoms with E-state index in [-0.39, 0.29) is 0 Å². The monoisotopic (exact) mass is 379 g/mol. The molecule has 1 aliphatic heterocycles. The Balaban J connectivity index is 0.000000387. The molecule has 1 fully saturated rings. The molecular formula is C21H41N5O. The number of nitrogens with zero attached hydrogens (tertiary/aromatic N) is 3. The Morgan fingerprint density at radius 3 is 2.26 bits per heavy atom. The quantitative estimate of drug-likeness (QED) is 0.455. The molecule has 6 heteroatoms. The highest BCUT2D eigenvalue weighted by Gasteiger charge is 2.08. The fourth-order valence-electron chi connectivity index (χ4n) is 3.20. The van der Waals surface area contributed by atoms with Crippen LogP contribution in [0.1, 0.15) is 70.6 Å². The third-order valence-electron chi connectivity index (χ3n) is 4.81. The average molecular weight is 380 g/mol. The zero-order valence-corrected chi connectivity index (χ0v) is 17.1. The van der Waals surface area contributed by atoms with Crippen molar-refractivity contribution in [1.82, 2.24) is 14.9 Å². The van der Waals surface area contributed by atoms with E-state index in [4.69, 9.17) is 10.8 Å². The molecule has 0 amide bonds. The Bertz CT molecular complexity index is 406. The van der Waals surface area contributed by atoms with Crippen LogP contribution in [0, 0.1) is 0 Å². The minimum absolute atomic E-state index is 0.324. The van der Waals surface area contributed by atoms with Crippen molar-refractivity contribution in [2.45, 2.75) is 70.6 Å². The van der Waals surface area contributed by atoms with E-state index in [0.717, 1.165) is 44.7 Å². The lowest BCUT2D eigenvalue weighted by Gasteiger charge is -2.26. The van der Waals surface area contributed by atoms with E-state index < -0.39 is 0 Å². The minimum Gasteiger partial charge on any atom is -0.396 e. The van der Waals surface area contributed by atoms with Crippen molar-refractivity contribution in [3.8, 4) is 0 Å². The standard InChI is InChI=1S/C15H26N4.C6H15NO/c1(2-5-12-19-13-6-3-7-14-19)4-9-16-15-17-10-8-11-18-15;7-5-3-1-2-4-6-8/h8,10-11H,1-7,9,12-14H2,(H,16,17,18);8H,1-7H2. The summed E-state index contributed by atoms with van der Waals surface area (Å²) in [6.07, 6.45) is 17.3. The van der Waals surface area contributed by atoms with Gasteiger partial charge in [0.05, 0.1) is 0 Å². The number of hydrogen-bond donors (Lipinski definition) is 3. The second-order valence-electron chi connectivity index (χ2n) is 7.24. The van der Waals surface area contributed by atoms with Crippen LogP contribution in [0.5, 0.6) is 0 Å². The molecule has 0 spiro atoms. The summed E-state index contributed by atoms with van der Waals surface area (Å²) in [4.78, 5) is 10.9. The molecule has 0 saturated carbocycles. The van der Waals surface area contributed by atoms with Gasteiger partial charge < -0.3 is 21.1 Å². The molecule has 156 valence electrons. The van der Waals surface area contributed by atoms with Gasteiger partial charge in [-0.2, -0.15) is 0 Å². The van der Waals surface area contributed by atoms with Crippen molar-refractivity contribution in [2.75, 3.05) is 44.6 Å². The molecular weight excluding hydrogens is 338 g/mol.